The molecule has 0 unspecified atom stereocenters. The molecule has 6 nitrogen and oxygen atoms in total. The summed E-state index contributed by atoms with van der Waals surface area (Å²) < 4.78 is 3.80. The van der Waals surface area contributed by atoms with E-state index in [-0.39, 0.29) is 0 Å². The molecule has 0 aromatic carbocycles. The van der Waals surface area contributed by atoms with Gasteiger partial charge in [0, 0.05) is 13.6 Å². The molecule has 17 heavy (non-hydrogen) atoms. The van der Waals surface area contributed by atoms with Crippen LogP contribution >= 0.6 is 11.8 Å². The van der Waals surface area contributed by atoms with Gasteiger partial charge < -0.3 is 10.3 Å². The largest absolute Gasteiger partial charge is 0.395 e. The van der Waals surface area contributed by atoms with E-state index in [1.54, 1.807) is 6.33 Å². The first-order valence-electron chi connectivity index (χ1n) is 5.48. The predicted molar refractivity (Wildman–Crippen MR) is 66.8 cm³/mol. The average molecular weight is 252 g/mol. The fourth-order valence-corrected chi connectivity index (χ4v) is 2.44. The minimum absolute atomic E-state index is 0.728. The van der Waals surface area contributed by atoms with E-state index in [1.807, 2.05) is 23.2 Å². The van der Waals surface area contributed by atoms with Crippen molar-refractivity contribution < 1.29 is 0 Å². The fraction of sp³-hybridized carbons (Fsp3) is 0.500. The summed E-state index contributed by atoms with van der Waals surface area (Å²) in [5.74, 6) is 0. The molecule has 0 spiro atoms. The number of hydrogen-bond donors (Lipinski definition) is 1. The second-order valence-corrected chi connectivity index (χ2v) is 4.81. The minimum Gasteiger partial charge on any atom is -0.395 e. The highest BCUT2D eigenvalue weighted by Crippen LogP contribution is 2.32. The zero-order valence-corrected chi connectivity index (χ0v) is 11.0. The molecule has 0 saturated carbocycles. The molecule has 2 rings (SSSR count). The van der Waals surface area contributed by atoms with E-state index in [0.29, 0.717) is 0 Å². The van der Waals surface area contributed by atoms with Gasteiger partial charge in [-0.1, -0.05) is 6.92 Å². The van der Waals surface area contributed by atoms with Crippen molar-refractivity contribution in [2.75, 3.05) is 5.73 Å². The lowest BCUT2D eigenvalue weighted by Crippen LogP contribution is -2.02. The van der Waals surface area contributed by atoms with Crippen LogP contribution in [0.5, 0.6) is 0 Å². The summed E-state index contributed by atoms with van der Waals surface area (Å²) in [6.07, 6.45) is 2.69. The molecule has 0 aliphatic carbocycles. The van der Waals surface area contributed by atoms with Gasteiger partial charge in [0.25, 0.3) is 0 Å². The topological polar surface area (TPSA) is 74.6 Å². The second-order valence-electron chi connectivity index (χ2n) is 3.85. The Labute approximate surface area is 104 Å². The van der Waals surface area contributed by atoms with Crippen LogP contribution in [0.2, 0.25) is 0 Å². The van der Waals surface area contributed by atoms with Crippen LogP contribution in [-0.2, 0) is 13.6 Å². The zero-order valence-electron chi connectivity index (χ0n) is 10.2. The Morgan fingerprint density at radius 2 is 2.24 bits per heavy atom. The summed E-state index contributed by atoms with van der Waals surface area (Å²) in [6, 6.07) is 0. The van der Waals surface area contributed by atoms with Crippen LogP contribution in [0.4, 0.5) is 5.69 Å². The van der Waals surface area contributed by atoms with Gasteiger partial charge in [-0.05, 0) is 25.1 Å². The van der Waals surface area contributed by atoms with Gasteiger partial charge in [0.15, 0.2) is 5.16 Å². The smallest absolute Gasteiger partial charge is 0.197 e. The normalized spacial score (nSPS) is 11.0. The lowest BCUT2D eigenvalue weighted by atomic mass is 10.4. The minimum atomic E-state index is 0.728. The van der Waals surface area contributed by atoms with Gasteiger partial charge in [-0.2, -0.15) is 5.10 Å². The van der Waals surface area contributed by atoms with Crippen molar-refractivity contribution in [2.24, 2.45) is 7.05 Å². The molecule has 0 saturated heterocycles. The van der Waals surface area contributed by atoms with Crippen LogP contribution in [0.15, 0.2) is 16.5 Å². The molecule has 0 aliphatic heterocycles. The molecular formula is C10H16N6S. The van der Waals surface area contributed by atoms with Crippen molar-refractivity contribution in [1.82, 2.24) is 24.5 Å². The van der Waals surface area contributed by atoms with E-state index in [2.05, 4.69) is 22.2 Å². The van der Waals surface area contributed by atoms with Gasteiger partial charge in [-0.15, -0.1) is 10.2 Å². The lowest BCUT2D eigenvalue weighted by molar-refractivity contribution is 0.555. The Kier molecular flexibility index (Phi) is 3.37. The molecule has 7 heteroatoms. The Morgan fingerprint density at radius 3 is 2.82 bits per heavy atom. The summed E-state index contributed by atoms with van der Waals surface area (Å²) in [4.78, 5) is 0. The summed E-state index contributed by atoms with van der Waals surface area (Å²) in [5, 5.41) is 14.1. The Balaban J connectivity index is 2.34. The van der Waals surface area contributed by atoms with Gasteiger partial charge >= 0.3 is 0 Å². The number of hydrogen-bond acceptors (Lipinski definition) is 5. The third-order valence-electron chi connectivity index (χ3n) is 2.42. The molecule has 0 amide bonds. The Morgan fingerprint density at radius 1 is 1.47 bits per heavy atom. The van der Waals surface area contributed by atoms with Gasteiger partial charge in [-0.25, -0.2) is 0 Å². The molecule has 2 aromatic heterocycles. The maximum Gasteiger partial charge on any atom is 0.197 e. The first kappa shape index (κ1) is 12.0. The molecule has 0 atom stereocenters. The van der Waals surface area contributed by atoms with Crippen LogP contribution in [0, 0.1) is 6.92 Å². The zero-order chi connectivity index (χ0) is 12.4. The number of aromatic nitrogens is 5. The van der Waals surface area contributed by atoms with Crippen molar-refractivity contribution in [3.05, 3.63) is 12.0 Å². The average Bonchev–Trinajstić information content (AvgIpc) is 2.80. The fourth-order valence-electron chi connectivity index (χ4n) is 1.50. The SMILES string of the molecule is CCCn1nc(C)c(N)c1Sc1nncn1C. The molecule has 0 fully saturated rings. The van der Waals surface area contributed by atoms with Crippen molar-refractivity contribution in [1.29, 1.82) is 0 Å². The van der Waals surface area contributed by atoms with Crippen LogP contribution in [0.3, 0.4) is 0 Å². The highest BCUT2D eigenvalue weighted by molar-refractivity contribution is 7.99. The van der Waals surface area contributed by atoms with E-state index in [1.165, 1.54) is 11.8 Å². The third kappa shape index (κ3) is 2.28. The lowest BCUT2D eigenvalue weighted by Gasteiger charge is -2.05. The summed E-state index contributed by atoms with van der Waals surface area (Å²) in [5.41, 5.74) is 7.63. The summed E-state index contributed by atoms with van der Waals surface area (Å²) >= 11 is 1.50. The highest BCUT2D eigenvalue weighted by atomic mass is 32.2. The van der Waals surface area contributed by atoms with E-state index in [0.717, 1.165) is 34.5 Å². The van der Waals surface area contributed by atoms with E-state index >= 15 is 0 Å². The molecule has 0 radical (unpaired) electrons. The molecule has 0 bridgehead atoms. The quantitative estimate of drug-likeness (QED) is 0.891. The molecule has 2 heterocycles. The maximum atomic E-state index is 6.04. The summed E-state index contributed by atoms with van der Waals surface area (Å²) in [6.45, 7) is 4.89. The number of nitrogen functional groups attached to an aromatic ring is 1. The monoisotopic (exact) mass is 252 g/mol. The molecular weight excluding hydrogens is 236 g/mol. The molecule has 2 aromatic rings. The maximum absolute atomic E-state index is 6.04. The van der Waals surface area contributed by atoms with Crippen LogP contribution in [0.1, 0.15) is 19.0 Å². The van der Waals surface area contributed by atoms with Crippen LogP contribution < -0.4 is 5.73 Å². The van der Waals surface area contributed by atoms with Crippen molar-refractivity contribution >= 4 is 17.4 Å². The Bertz CT molecular complexity index is 515. The van der Waals surface area contributed by atoms with Crippen molar-refractivity contribution in [2.45, 2.75) is 37.0 Å². The number of nitrogens with zero attached hydrogens (tertiary/aromatic N) is 5. The third-order valence-corrected chi connectivity index (χ3v) is 3.59. The molecule has 92 valence electrons. The van der Waals surface area contributed by atoms with E-state index < -0.39 is 0 Å². The van der Waals surface area contributed by atoms with Gasteiger partial charge in [0.1, 0.15) is 11.4 Å². The number of nitrogens with two attached hydrogens (primary N) is 1. The first-order valence-corrected chi connectivity index (χ1v) is 6.29. The second kappa shape index (κ2) is 4.79. The standard InChI is InChI=1S/C10H16N6S/c1-4-5-16-9(8(11)7(2)14-16)17-10-13-12-6-15(10)3/h6H,4-5,11H2,1-3H3. The predicted octanol–water partition coefficient (Wildman–Crippen LogP) is 1.46. The van der Waals surface area contributed by atoms with Crippen molar-refractivity contribution in [3.8, 4) is 0 Å². The highest BCUT2D eigenvalue weighted by Gasteiger charge is 2.15. The van der Waals surface area contributed by atoms with E-state index in [4.69, 9.17) is 5.73 Å². The number of anilines is 1. The molecule has 0 aliphatic rings. The Hall–Kier alpha value is -1.50. The number of aryl methyl sites for hydroxylation is 3. The van der Waals surface area contributed by atoms with Crippen LogP contribution in [0.25, 0.3) is 0 Å². The summed E-state index contributed by atoms with van der Waals surface area (Å²) in [7, 11) is 1.91. The van der Waals surface area contributed by atoms with Crippen molar-refractivity contribution in [3.63, 3.8) is 0 Å². The van der Waals surface area contributed by atoms with Crippen LogP contribution in [-0.4, -0.2) is 24.5 Å². The number of rotatable bonds is 4. The van der Waals surface area contributed by atoms with Gasteiger partial charge in [0.2, 0.25) is 0 Å². The van der Waals surface area contributed by atoms with E-state index in [9.17, 15) is 0 Å². The first-order chi connectivity index (χ1) is 8.13. The molecule has 2 N–H and O–H groups in total. The van der Waals surface area contributed by atoms with Gasteiger partial charge in [-0.3, -0.25) is 4.68 Å². The van der Waals surface area contributed by atoms with Gasteiger partial charge in [0.05, 0.1) is 11.4 Å².